The third kappa shape index (κ3) is 6.11. The first-order chi connectivity index (χ1) is 13.2. The van der Waals surface area contributed by atoms with Crippen molar-refractivity contribution in [1.82, 2.24) is 4.90 Å². The lowest BCUT2D eigenvalue weighted by Gasteiger charge is -2.38. The van der Waals surface area contributed by atoms with Crippen molar-refractivity contribution in [2.75, 3.05) is 38.2 Å². The lowest BCUT2D eigenvalue weighted by atomic mass is 9.95. The molecule has 0 amide bonds. The molecule has 2 aromatic carbocycles. The zero-order valence-corrected chi connectivity index (χ0v) is 20.1. The lowest BCUT2D eigenvalue weighted by molar-refractivity contribution is 0.0273. The number of para-hydroxylation sites is 1. The molecular weight excluding hydrogens is 471 g/mol. The number of hydrogen-bond donors (Lipinski definition) is 0. The van der Waals surface area contributed by atoms with Gasteiger partial charge in [-0.2, -0.15) is 0 Å². The number of benzene rings is 2. The number of anilines is 1. The molecule has 1 atom stereocenters. The molecule has 2 aromatic rings. The normalized spacial score (nSPS) is 19.3. The molecule has 0 radical (unpaired) electrons. The van der Waals surface area contributed by atoms with E-state index in [1.807, 2.05) is 0 Å². The molecule has 1 fully saturated rings. The van der Waals surface area contributed by atoms with E-state index in [0.29, 0.717) is 6.04 Å². The third-order valence-corrected chi connectivity index (χ3v) is 6.59. The van der Waals surface area contributed by atoms with Gasteiger partial charge in [0.15, 0.2) is 0 Å². The second-order valence-corrected chi connectivity index (χ2v) is 8.69. The number of nitrogens with zero attached hydrogens (tertiary/aromatic N) is 2. The van der Waals surface area contributed by atoms with Crippen LogP contribution in [0.15, 0.2) is 53.0 Å². The molecule has 0 aliphatic carbocycles. The Bertz CT molecular complexity index is 754. The number of rotatable bonds is 5. The van der Waals surface area contributed by atoms with Crippen molar-refractivity contribution < 1.29 is 4.74 Å². The monoisotopic (exact) mass is 500 g/mol. The lowest BCUT2D eigenvalue weighted by Crippen LogP contribution is -2.44. The molecule has 2 aliphatic heterocycles. The standard InChI is InChI=1S/C23H29BrN2O.2ClH/c1-25(20-9-14-26(15-10-20)21-5-3-2-4-6-21)13-11-23-22-8-7-19(24)17-18(22)12-16-27-23;;/h2-8,17,20,23H,9-16H2,1H3;2*1H/t23-;;/m0../s1. The van der Waals surface area contributed by atoms with Crippen LogP contribution in [0.25, 0.3) is 0 Å². The number of hydrogen-bond acceptors (Lipinski definition) is 3. The number of halogens is 3. The predicted molar refractivity (Wildman–Crippen MR) is 130 cm³/mol. The van der Waals surface area contributed by atoms with Gasteiger partial charge in [-0.05, 0) is 68.1 Å². The van der Waals surface area contributed by atoms with Gasteiger partial charge >= 0.3 is 0 Å². The molecule has 0 aromatic heterocycles. The van der Waals surface area contributed by atoms with Crippen LogP contribution in [0.1, 0.15) is 36.5 Å². The van der Waals surface area contributed by atoms with Crippen LogP contribution in [0.5, 0.6) is 0 Å². The summed E-state index contributed by atoms with van der Waals surface area (Å²) in [5, 5.41) is 0. The first-order valence-electron chi connectivity index (χ1n) is 10.1. The minimum atomic E-state index is 0. The Hall–Kier alpha value is -0.780. The molecule has 0 spiro atoms. The first-order valence-corrected chi connectivity index (χ1v) is 10.9. The van der Waals surface area contributed by atoms with E-state index < -0.39 is 0 Å². The second kappa shape index (κ2) is 11.6. The Kier molecular flexibility index (Phi) is 9.77. The molecule has 6 heteroatoms. The number of fused-ring (bicyclic) bond motifs is 1. The Morgan fingerprint density at radius 2 is 1.79 bits per heavy atom. The molecule has 2 aliphatic rings. The minimum Gasteiger partial charge on any atom is -0.373 e. The van der Waals surface area contributed by atoms with Crippen LogP contribution in [-0.4, -0.2) is 44.2 Å². The smallest absolute Gasteiger partial charge is 0.0839 e. The van der Waals surface area contributed by atoms with Gasteiger partial charge in [-0.15, -0.1) is 24.8 Å². The molecule has 3 nitrogen and oxygen atoms in total. The molecule has 4 rings (SSSR count). The fourth-order valence-corrected chi connectivity index (χ4v) is 4.86. The maximum Gasteiger partial charge on any atom is 0.0839 e. The van der Waals surface area contributed by atoms with Gasteiger partial charge in [-0.25, -0.2) is 0 Å². The molecule has 29 heavy (non-hydrogen) atoms. The van der Waals surface area contributed by atoms with E-state index in [2.05, 4.69) is 81.3 Å². The van der Waals surface area contributed by atoms with Crippen molar-refractivity contribution >= 4 is 46.4 Å². The topological polar surface area (TPSA) is 15.7 Å². The summed E-state index contributed by atoms with van der Waals surface area (Å²) in [6.45, 7) is 4.23. The van der Waals surface area contributed by atoms with Gasteiger partial charge in [0.25, 0.3) is 0 Å². The molecular formula is C23H31BrCl2N2O. The summed E-state index contributed by atoms with van der Waals surface area (Å²) >= 11 is 3.59. The van der Waals surface area contributed by atoms with Crippen molar-refractivity contribution in [3.63, 3.8) is 0 Å². The SMILES string of the molecule is CN(CC[C@@H]1OCCc2cc(Br)ccc21)C1CCN(c2ccccc2)CC1.Cl.Cl. The van der Waals surface area contributed by atoms with Crippen LogP contribution in [0.2, 0.25) is 0 Å². The molecule has 0 unspecified atom stereocenters. The molecule has 2 heterocycles. The summed E-state index contributed by atoms with van der Waals surface area (Å²) in [4.78, 5) is 5.07. The summed E-state index contributed by atoms with van der Waals surface area (Å²) in [6.07, 6.45) is 4.82. The van der Waals surface area contributed by atoms with Crippen molar-refractivity contribution in [2.24, 2.45) is 0 Å². The van der Waals surface area contributed by atoms with Gasteiger partial charge in [-0.1, -0.05) is 40.2 Å². The van der Waals surface area contributed by atoms with Crippen molar-refractivity contribution in [3.8, 4) is 0 Å². The fraction of sp³-hybridized carbons (Fsp3) is 0.478. The summed E-state index contributed by atoms with van der Waals surface area (Å²) in [5.74, 6) is 0. The van der Waals surface area contributed by atoms with Crippen LogP contribution in [0.3, 0.4) is 0 Å². The first kappa shape index (κ1) is 24.5. The van der Waals surface area contributed by atoms with Crippen LogP contribution >= 0.6 is 40.7 Å². The highest BCUT2D eigenvalue weighted by atomic mass is 79.9. The molecule has 160 valence electrons. The summed E-state index contributed by atoms with van der Waals surface area (Å²) in [7, 11) is 2.29. The van der Waals surface area contributed by atoms with Crippen molar-refractivity contribution in [1.29, 1.82) is 0 Å². The Morgan fingerprint density at radius 1 is 1.07 bits per heavy atom. The van der Waals surface area contributed by atoms with E-state index in [4.69, 9.17) is 4.74 Å². The number of piperidine rings is 1. The van der Waals surface area contributed by atoms with E-state index >= 15 is 0 Å². The zero-order chi connectivity index (χ0) is 18.6. The van der Waals surface area contributed by atoms with Gasteiger partial charge in [0, 0.05) is 35.8 Å². The van der Waals surface area contributed by atoms with E-state index in [1.54, 1.807) is 0 Å². The van der Waals surface area contributed by atoms with Gasteiger partial charge in [0.1, 0.15) is 0 Å². The Morgan fingerprint density at radius 3 is 2.52 bits per heavy atom. The fourth-order valence-electron chi connectivity index (χ4n) is 4.45. The van der Waals surface area contributed by atoms with Crippen molar-refractivity contribution in [3.05, 3.63) is 64.1 Å². The number of ether oxygens (including phenoxy) is 1. The highest BCUT2D eigenvalue weighted by Gasteiger charge is 2.25. The van der Waals surface area contributed by atoms with Crippen LogP contribution in [0, 0.1) is 0 Å². The second-order valence-electron chi connectivity index (χ2n) is 7.78. The van der Waals surface area contributed by atoms with Crippen molar-refractivity contribution in [2.45, 2.75) is 37.8 Å². The molecule has 1 saturated heterocycles. The van der Waals surface area contributed by atoms with Gasteiger partial charge in [-0.3, -0.25) is 0 Å². The van der Waals surface area contributed by atoms with E-state index in [1.165, 1.54) is 34.1 Å². The zero-order valence-electron chi connectivity index (χ0n) is 16.9. The summed E-state index contributed by atoms with van der Waals surface area (Å²) in [5.41, 5.74) is 4.19. The third-order valence-electron chi connectivity index (χ3n) is 6.10. The minimum absolute atomic E-state index is 0. The highest BCUT2D eigenvalue weighted by molar-refractivity contribution is 9.10. The molecule has 0 saturated carbocycles. The largest absolute Gasteiger partial charge is 0.373 e. The molecule has 0 N–H and O–H groups in total. The summed E-state index contributed by atoms with van der Waals surface area (Å²) < 4.78 is 7.28. The van der Waals surface area contributed by atoms with E-state index in [0.717, 1.165) is 39.1 Å². The average molecular weight is 502 g/mol. The Balaban J connectivity index is 0.00000150. The van der Waals surface area contributed by atoms with Gasteiger partial charge in [0.2, 0.25) is 0 Å². The quantitative estimate of drug-likeness (QED) is 0.507. The van der Waals surface area contributed by atoms with Gasteiger partial charge in [0.05, 0.1) is 12.7 Å². The Labute approximate surface area is 195 Å². The van der Waals surface area contributed by atoms with Crippen LogP contribution in [0.4, 0.5) is 5.69 Å². The highest BCUT2D eigenvalue weighted by Crippen LogP contribution is 2.32. The van der Waals surface area contributed by atoms with Crippen LogP contribution < -0.4 is 4.90 Å². The predicted octanol–water partition coefficient (Wildman–Crippen LogP) is 5.90. The van der Waals surface area contributed by atoms with E-state index in [9.17, 15) is 0 Å². The maximum absolute atomic E-state index is 6.11. The average Bonchev–Trinajstić information content (AvgIpc) is 2.72. The summed E-state index contributed by atoms with van der Waals surface area (Å²) in [6, 6.07) is 18.1. The molecule has 0 bridgehead atoms. The van der Waals surface area contributed by atoms with Gasteiger partial charge < -0.3 is 14.5 Å². The van der Waals surface area contributed by atoms with E-state index in [-0.39, 0.29) is 30.9 Å². The maximum atomic E-state index is 6.11. The van der Waals surface area contributed by atoms with Crippen LogP contribution in [-0.2, 0) is 11.2 Å².